The van der Waals surface area contributed by atoms with Gasteiger partial charge in [-0.1, -0.05) is 103 Å². The first-order chi connectivity index (χ1) is 17.7. The van der Waals surface area contributed by atoms with Gasteiger partial charge in [0.15, 0.2) is 0 Å². The molecule has 5 heteroatoms. The number of pyridine rings is 1. The van der Waals surface area contributed by atoms with E-state index < -0.39 is 0 Å². The van der Waals surface area contributed by atoms with E-state index in [4.69, 9.17) is 5.26 Å². The van der Waals surface area contributed by atoms with Crippen molar-refractivity contribution < 1.29 is 0 Å². The number of anilines is 2. The lowest BCUT2D eigenvalue weighted by Gasteiger charge is -2.17. The largest absolute Gasteiger partial charge is 0.380 e. The van der Waals surface area contributed by atoms with E-state index in [1.165, 1.54) is 12.0 Å². The Labute approximate surface area is 225 Å². The summed E-state index contributed by atoms with van der Waals surface area (Å²) in [7, 11) is 0. The Morgan fingerprint density at radius 1 is 0.892 bits per heavy atom. The minimum absolute atomic E-state index is 0.486. The van der Waals surface area contributed by atoms with E-state index in [1.807, 2.05) is 72.8 Å². The molecule has 0 fully saturated rings. The maximum Gasteiger partial charge on any atom is 0.149 e. The second-order valence-corrected chi connectivity index (χ2v) is 10.5. The summed E-state index contributed by atoms with van der Waals surface area (Å²) < 4.78 is 0. The molecule has 0 bridgehead atoms. The zero-order valence-corrected chi connectivity index (χ0v) is 23.9. The van der Waals surface area contributed by atoms with E-state index >= 15 is 0 Å². The fraction of sp³-hybridized carbons (Fsp3) is 0.438. The summed E-state index contributed by atoms with van der Waals surface area (Å²) in [6, 6.07) is 26.4. The van der Waals surface area contributed by atoms with Crippen molar-refractivity contribution in [2.75, 3.05) is 30.3 Å². The number of rotatable bonds is 4. The van der Waals surface area contributed by atoms with Gasteiger partial charge in [-0.15, -0.1) is 0 Å². The molecule has 2 heterocycles. The van der Waals surface area contributed by atoms with E-state index in [1.54, 1.807) is 6.20 Å². The molecule has 4 rings (SSSR count). The van der Waals surface area contributed by atoms with Crippen LogP contribution in [-0.4, -0.2) is 30.7 Å². The van der Waals surface area contributed by atoms with Crippen molar-refractivity contribution in [1.29, 1.82) is 5.26 Å². The van der Waals surface area contributed by atoms with Crippen LogP contribution in [-0.2, 0) is 0 Å². The van der Waals surface area contributed by atoms with Crippen molar-refractivity contribution in [1.82, 2.24) is 10.3 Å². The van der Waals surface area contributed by atoms with Crippen LogP contribution in [0.2, 0.25) is 0 Å². The highest BCUT2D eigenvalue weighted by molar-refractivity contribution is 5.65. The Hall–Kier alpha value is -3.36. The predicted octanol–water partition coefficient (Wildman–Crippen LogP) is 7.71. The number of fused-ring (bicyclic) bond motifs is 1. The van der Waals surface area contributed by atoms with Crippen molar-refractivity contribution in [3.63, 3.8) is 0 Å². The fourth-order valence-corrected chi connectivity index (χ4v) is 2.87. The first-order valence-electron chi connectivity index (χ1n) is 13.3. The Kier molecular flexibility index (Phi) is 15.4. The number of nitrogens with one attached hydrogen (secondary N) is 3. The predicted molar refractivity (Wildman–Crippen MR) is 160 cm³/mol. The minimum atomic E-state index is 0.486. The molecule has 0 saturated carbocycles. The SMILES string of the molecule is CC(C)NCC(C)c1ccc(C#N)cc1.CCC(C)(C)C.c1ccccc1.c1cnc2c(c1)NCCN2. The van der Waals surface area contributed by atoms with Gasteiger partial charge in [0.05, 0.1) is 17.3 Å². The molecule has 1 unspecified atom stereocenters. The standard InChI is InChI=1S/C13H18N2.C7H9N3.C6H6.C6H14/c1-10(2)15-9-11(3)13-6-4-12(8-14)5-7-13;1-2-6-7(9-3-1)10-5-4-8-6;1-2-4-6-5-3-1;1-5-6(2,3)4/h4-7,10-11,15H,9H2,1-3H3;1-3,8H,4-5H2,(H,9,10);1-6H;5H2,1-4H3. The van der Waals surface area contributed by atoms with Crippen LogP contribution in [0.5, 0.6) is 0 Å². The summed E-state index contributed by atoms with van der Waals surface area (Å²) in [5.41, 5.74) is 3.65. The summed E-state index contributed by atoms with van der Waals surface area (Å²) >= 11 is 0. The molecule has 0 amide bonds. The molecule has 1 aromatic heterocycles. The Balaban J connectivity index is 0.000000267. The first kappa shape index (κ1) is 31.7. The van der Waals surface area contributed by atoms with Gasteiger partial charge < -0.3 is 16.0 Å². The van der Waals surface area contributed by atoms with Crippen molar-refractivity contribution in [2.24, 2.45) is 5.41 Å². The van der Waals surface area contributed by atoms with Crippen molar-refractivity contribution in [3.05, 3.63) is 90.1 Å². The molecule has 0 spiro atoms. The molecule has 2 aromatic carbocycles. The average Bonchev–Trinajstić information content (AvgIpc) is 2.93. The van der Waals surface area contributed by atoms with Crippen LogP contribution in [0.3, 0.4) is 0 Å². The molecular weight excluding hydrogens is 454 g/mol. The number of hydrogen-bond donors (Lipinski definition) is 3. The van der Waals surface area contributed by atoms with Gasteiger partial charge in [0.2, 0.25) is 0 Å². The monoisotopic (exact) mass is 501 g/mol. The molecule has 0 saturated heterocycles. The molecule has 1 aliphatic heterocycles. The van der Waals surface area contributed by atoms with E-state index in [0.29, 0.717) is 17.4 Å². The maximum atomic E-state index is 8.68. The fourth-order valence-electron chi connectivity index (χ4n) is 2.87. The lowest BCUT2D eigenvalue weighted by Crippen LogP contribution is -2.26. The zero-order chi connectivity index (χ0) is 27.5. The van der Waals surface area contributed by atoms with Crippen LogP contribution in [0.15, 0.2) is 79.0 Å². The highest BCUT2D eigenvalue weighted by atomic mass is 15.1. The third-order valence-corrected chi connectivity index (χ3v) is 5.71. The highest BCUT2D eigenvalue weighted by Crippen LogP contribution is 2.19. The lowest BCUT2D eigenvalue weighted by atomic mass is 9.94. The summed E-state index contributed by atoms with van der Waals surface area (Å²) in [4.78, 5) is 4.15. The Morgan fingerprint density at radius 3 is 1.89 bits per heavy atom. The van der Waals surface area contributed by atoms with Gasteiger partial charge in [0.1, 0.15) is 5.82 Å². The third-order valence-electron chi connectivity index (χ3n) is 5.71. The molecule has 37 heavy (non-hydrogen) atoms. The van der Waals surface area contributed by atoms with Crippen LogP contribution in [0.25, 0.3) is 0 Å². The molecule has 0 aliphatic carbocycles. The molecule has 1 aliphatic rings. The second-order valence-electron chi connectivity index (χ2n) is 10.5. The Morgan fingerprint density at radius 2 is 1.43 bits per heavy atom. The maximum absolute atomic E-state index is 8.68. The van der Waals surface area contributed by atoms with Crippen LogP contribution in [0.4, 0.5) is 11.5 Å². The lowest BCUT2D eigenvalue weighted by molar-refractivity contribution is 0.398. The van der Waals surface area contributed by atoms with E-state index in [9.17, 15) is 0 Å². The number of nitrogens with zero attached hydrogens (tertiary/aromatic N) is 2. The van der Waals surface area contributed by atoms with Crippen molar-refractivity contribution in [3.8, 4) is 6.07 Å². The van der Waals surface area contributed by atoms with Gasteiger partial charge in [-0.2, -0.15) is 5.26 Å². The summed E-state index contributed by atoms with van der Waals surface area (Å²) in [6.45, 7) is 18.3. The van der Waals surface area contributed by atoms with Crippen molar-refractivity contribution in [2.45, 2.75) is 66.8 Å². The topological polar surface area (TPSA) is 72.8 Å². The van der Waals surface area contributed by atoms with Crippen LogP contribution >= 0.6 is 0 Å². The molecule has 5 nitrogen and oxygen atoms in total. The van der Waals surface area contributed by atoms with Gasteiger partial charge in [-0.3, -0.25) is 0 Å². The highest BCUT2D eigenvalue weighted by Gasteiger charge is 2.06. The summed E-state index contributed by atoms with van der Waals surface area (Å²) in [6.07, 6.45) is 3.06. The minimum Gasteiger partial charge on any atom is -0.380 e. The van der Waals surface area contributed by atoms with Gasteiger partial charge in [-0.05, 0) is 41.2 Å². The number of hydrogen-bond acceptors (Lipinski definition) is 5. The smallest absolute Gasteiger partial charge is 0.149 e. The van der Waals surface area contributed by atoms with Gasteiger partial charge in [0.25, 0.3) is 0 Å². The van der Waals surface area contributed by atoms with Crippen LogP contribution in [0, 0.1) is 16.7 Å². The molecule has 3 N–H and O–H groups in total. The van der Waals surface area contributed by atoms with Gasteiger partial charge >= 0.3 is 0 Å². The molecule has 3 aromatic rings. The molecule has 1 atom stereocenters. The summed E-state index contributed by atoms with van der Waals surface area (Å²) in [5, 5.41) is 18.5. The van der Waals surface area contributed by atoms with Crippen LogP contribution < -0.4 is 16.0 Å². The first-order valence-corrected chi connectivity index (χ1v) is 13.3. The molecule has 200 valence electrons. The summed E-state index contributed by atoms with van der Waals surface area (Å²) in [5.74, 6) is 1.45. The van der Waals surface area contributed by atoms with E-state index in [2.05, 4.69) is 75.5 Å². The second kappa shape index (κ2) is 18.0. The van der Waals surface area contributed by atoms with Crippen LogP contribution in [0.1, 0.15) is 71.9 Å². The van der Waals surface area contributed by atoms with Gasteiger partial charge in [-0.25, -0.2) is 4.98 Å². The third kappa shape index (κ3) is 15.4. The normalized spacial score (nSPS) is 12.3. The van der Waals surface area contributed by atoms with Gasteiger partial charge in [0, 0.05) is 31.9 Å². The molecular formula is C32H47N5. The number of aromatic nitrogens is 1. The van der Waals surface area contributed by atoms with E-state index in [0.717, 1.165) is 36.7 Å². The quantitative estimate of drug-likeness (QED) is 0.341. The average molecular weight is 502 g/mol. The number of nitriles is 1. The van der Waals surface area contributed by atoms with Crippen molar-refractivity contribution >= 4 is 11.5 Å². The zero-order valence-electron chi connectivity index (χ0n) is 23.9. The Bertz CT molecular complexity index is 950. The number of benzene rings is 2. The molecule has 0 radical (unpaired) electrons. The van der Waals surface area contributed by atoms with E-state index in [-0.39, 0.29) is 0 Å².